The fourth-order valence-corrected chi connectivity index (χ4v) is 2.60. The van der Waals surface area contributed by atoms with Crippen LogP contribution in [0.2, 0.25) is 0 Å². The summed E-state index contributed by atoms with van der Waals surface area (Å²) in [7, 11) is 3.86. The molecule has 0 radical (unpaired) electrons. The van der Waals surface area contributed by atoms with Crippen molar-refractivity contribution >= 4 is 15.7 Å². The van der Waals surface area contributed by atoms with E-state index >= 15 is 0 Å². The van der Waals surface area contributed by atoms with Gasteiger partial charge in [0.1, 0.15) is 0 Å². The van der Waals surface area contributed by atoms with Gasteiger partial charge in [-0.1, -0.05) is 0 Å². The summed E-state index contributed by atoms with van der Waals surface area (Å²) in [6.07, 6.45) is 0. The second kappa shape index (κ2) is 6.17. The lowest BCUT2D eigenvalue weighted by atomic mass is 10.3. The Morgan fingerprint density at radius 2 is 1.61 bits per heavy atom. The average molecular weight is 271 g/mol. The minimum absolute atomic E-state index is 0.322. The third-order valence-electron chi connectivity index (χ3n) is 2.71. The number of benzene rings is 1. The van der Waals surface area contributed by atoms with E-state index in [1.54, 1.807) is 38.4 Å². The van der Waals surface area contributed by atoms with Crippen molar-refractivity contribution in [3.63, 3.8) is 0 Å². The van der Waals surface area contributed by atoms with Crippen molar-refractivity contribution in [1.82, 2.24) is 9.21 Å². The van der Waals surface area contributed by atoms with Gasteiger partial charge in [0, 0.05) is 32.9 Å². The van der Waals surface area contributed by atoms with Gasteiger partial charge in [0.2, 0.25) is 10.0 Å². The highest BCUT2D eigenvalue weighted by molar-refractivity contribution is 7.89. The molecule has 1 aromatic carbocycles. The fraction of sp³-hybridized carbons (Fsp3) is 0.500. The van der Waals surface area contributed by atoms with Gasteiger partial charge in [0.15, 0.2) is 0 Å². The fourth-order valence-electron chi connectivity index (χ4n) is 1.43. The van der Waals surface area contributed by atoms with E-state index in [1.807, 2.05) is 19.0 Å². The first kappa shape index (κ1) is 14.9. The molecule has 0 spiro atoms. The standard InChI is InChI=1S/C12H21N3O2S/c1-13-11-5-7-12(8-6-11)18(16,17)15(4)10-9-14(2)3/h5-8,13H,9-10H2,1-4H3. The van der Waals surface area contributed by atoms with Gasteiger partial charge in [-0.05, 0) is 38.4 Å². The lowest BCUT2D eigenvalue weighted by Gasteiger charge is -2.19. The highest BCUT2D eigenvalue weighted by atomic mass is 32.2. The van der Waals surface area contributed by atoms with Crippen LogP contribution >= 0.6 is 0 Å². The predicted molar refractivity (Wildman–Crippen MR) is 74.4 cm³/mol. The molecular weight excluding hydrogens is 250 g/mol. The second-order valence-electron chi connectivity index (χ2n) is 4.40. The summed E-state index contributed by atoms with van der Waals surface area (Å²) in [6, 6.07) is 6.75. The van der Waals surface area contributed by atoms with Crippen LogP contribution in [0.5, 0.6) is 0 Å². The maximum absolute atomic E-state index is 12.2. The molecule has 1 rings (SSSR count). The molecule has 0 fully saturated rings. The maximum Gasteiger partial charge on any atom is 0.242 e. The van der Waals surface area contributed by atoms with Crippen LogP contribution in [0.4, 0.5) is 5.69 Å². The average Bonchev–Trinajstić information content (AvgIpc) is 2.35. The summed E-state index contributed by atoms with van der Waals surface area (Å²) in [5.41, 5.74) is 0.893. The number of sulfonamides is 1. The molecule has 0 bridgehead atoms. The van der Waals surface area contributed by atoms with Crippen LogP contribution in [0.3, 0.4) is 0 Å². The van der Waals surface area contributed by atoms with E-state index in [0.29, 0.717) is 18.0 Å². The lowest BCUT2D eigenvalue weighted by Crippen LogP contribution is -2.33. The molecule has 0 atom stereocenters. The van der Waals surface area contributed by atoms with Gasteiger partial charge in [-0.3, -0.25) is 0 Å². The van der Waals surface area contributed by atoms with Gasteiger partial charge in [-0.2, -0.15) is 4.31 Å². The molecule has 0 aliphatic rings. The van der Waals surface area contributed by atoms with Crippen LogP contribution in [-0.4, -0.2) is 58.9 Å². The normalized spacial score (nSPS) is 12.1. The maximum atomic E-state index is 12.2. The zero-order valence-corrected chi connectivity index (χ0v) is 12.2. The minimum Gasteiger partial charge on any atom is -0.388 e. The first-order chi connectivity index (χ1) is 8.37. The number of rotatable bonds is 6. The smallest absolute Gasteiger partial charge is 0.242 e. The summed E-state index contributed by atoms with van der Waals surface area (Å²) in [5, 5.41) is 2.96. The number of nitrogens with zero attached hydrogens (tertiary/aromatic N) is 2. The molecule has 0 saturated heterocycles. The van der Waals surface area contributed by atoms with Crippen molar-refractivity contribution in [2.24, 2.45) is 0 Å². The molecule has 0 heterocycles. The summed E-state index contributed by atoms with van der Waals surface area (Å²) in [5.74, 6) is 0. The lowest BCUT2D eigenvalue weighted by molar-refractivity contribution is 0.358. The Bertz CT molecular complexity index is 469. The van der Waals surface area contributed by atoms with E-state index in [2.05, 4.69) is 5.32 Å². The van der Waals surface area contributed by atoms with Gasteiger partial charge < -0.3 is 10.2 Å². The van der Waals surface area contributed by atoms with E-state index in [9.17, 15) is 8.42 Å². The largest absolute Gasteiger partial charge is 0.388 e. The van der Waals surface area contributed by atoms with Crippen LogP contribution in [0, 0.1) is 0 Å². The Labute approximate surface area is 109 Å². The number of anilines is 1. The highest BCUT2D eigenvalue weighted by Crippen LogP contribution is 2.16. The van der Waals surface area contributed by atoms with Crippen LogP contribution in [0.1, 0.15) is 0 Å². The summed E-state index contributed by atoms with van der Waals surface area (Å²) in [6.45, 7) is 1.17. The van der Waals surface area contributed by atoms with Crippen LogP contribution in [0.15, 0.2) is 29.2 Å². The minimum atomic E-state index is -3.38. The molecule has 1 N–H and O–H groups in total. The third-order valence-corrected chi connectivity index (χ3v) is 4.58. The summed E-state index contributed by atoms with van der Waals surface area (Å²) >= 11 is 0. The zero-order chi connectivity index (χ0) is 13.8. The molecule has 18 heavy (non-hydrogen) atoms. The van der Waals surface area contributed by atoms with Crippen LogP contribution in [0.25, 0.3) is 0 Å². The molecule has 0 aliphatic heterocycles. The van der Waals surface area contributed by atoms with E-state index in [1.165, 1.54) is 4.31 Å². The summed E-state index contributed by atoms with van der Waals surface area (Å²) in [4.78, 5) is 2.28. The van der Waals surface area contributed by atoms with Gasteiger partial charge in [0.25, 0.3) is 0 Å². The van der Waals surface area contributed by atoms with Crippen molar-refractivity contribution in [2.45, 2.75) is 4.90 Å². The van der Waals surface area contributed by atoms with Crippen molar-refractivity contribution < 1.29 is 8.42 Å². The van der Waals surface area contributed by atoms with Crippen LogP contribution < -0.4 is 5.32 Å². The Morgan fingerprint density at radius 3 is 2.06 bits per heavy atom. The molecule has 0 saturated carbocycles. The Hall–Kier alpha value is -1.11. The topological polar surface area (TPSA) is 52.7 Å². The first-order valence-corrected chi connectivity index (χ1v) is 7.21. The predicted octanol–water partition coefficient (Wildman–Crippen LogP) is 0.910. The zero-order valence-electron chi connectivity index (χ0n) is 11.3. The Kier molecular flexibility index (Phi) is 5.13. The van der Waals surface area contributed by atoms with Gasteiger partial charge in [0.05, 0.1) is 4.90 Å². The Balaban J connectivity index is 2.84. The highest BCUT2D eigenvalue weighted by Gasteiger charge is 2.20. The van der Waals surface area contributed by atoms with Gasteiger partial charge in [-0.15, -0.1) is 0 Å². The molecule has 0 aromatic heterocycles. The van der Waals surface area contributed by atoms with E-state index in [4.69, 9.17) is 0 Å². The first-order valence-electron chi connectivity index (χ1n) is 5.77. The molecule has 102 valence electrons. The molecular formula is C12H21N3O2S. The number of hydrogen-bond acceptors (Lipinski definition) is 4. The number of nitrogens with one attached hydrogen (secondary N) is 1. The third kappa shape index (κ3) is 3.69. The number of likely N-dealkylation sites (N-methyl/N-ethyl adjacent to an activating group) is 2. The SMILES string of the molecule is CNc1ccc(S(=O)(=O)N(C)CCN(C)C)cc1. The molecule has 6 heteroatoms. The second-order valence-corrected chi connectivity index (χ2v) is 6.45. The van der Waals surface area contributed by atoms with Crippen molar-refractivity contribution in [2.75, 3.05) is 46.6 Å². The van der Waals surface area contributed by atoms with Crippen molar-refractivity contribution in [1.29, 1.82) is 0 Å². The molecule has 5 nitrogen and oxygen atoms in total. The van der Waals surface area contributed by atoms with Crippen molar-refractivity contribution in [3.8, 4) is 0 Å². The van der Waals surface area contributed by atoms with Crippen LogP contribution in [-0.2, 0) is 10.0 Å². The number of hydrogen-bond donors (Lipinski definition) is 1. The quantitative estimate of drug-likeness (QED) is 0.835. The molecule has 1 aromatic rings. The van der Waals surface area contributed by atoms with E-state index in [-0.39, 0.29) is 0 Å². The van der Waals surface area contributed by atoms with Gasteiger partial charge in [-0.25, -0.2) is 8.42 Å². The molecule has 0 aliphatic carbocycles. The monoisotopic (exact) mass is 271 g/mol. The van der Waals surface area contributed by atoms with E-state index in [0.717, 1.165) is 5.69 Å². The summed E-state index contributed by atoms with van der Waals surface area (Å²) < 4.78 is 25.8. The van der Waals surface area contributed by atoms with Gasteiger partial charge >= 0.3 is 0 Å². The molecule has 0 unspecified atom stereocenters. The van der Waals surface area contributed by atoms with E-state index < -0.39 is 10.0 Å². The van der Waals surface area contributed by atoms with Crippen molar-refractivity contribution in [3.05, 3.63) is 24.3 Å². The Morgan fingerprint density at radius 1 is 1.06 bits per heavy atom. The molecule has 0 amide bonds.